The lowest BCUT2D eigenvalue weighted by atomic mass is 10.2. The molecule has 0 saturated heterocycles. The van der Waals surface area contributed by atoms with Gasteiger partial charge in [0.1, 0.15) is 5.75 Å². The first-order chi connectivity index (χ1) is 11.0. The molecule has 0 aliphatic carbocycles. The zero-order valence-electron chi connectivity index (χ0n) is 12.8. The van der Waals surface area contributed by atoms with Crippen molar-refractivity contribution in [2.24, 2.45) is 0 Å². The Labute approximate surface area is 137 Å². The second-order valence-corrected chi connectivity index (χ2v) is 6.04. The molecule has 0 aliphatic rings. The molecule has 0 spiro atoms. The molecule has 124 valence electrons. The quantitative estimate of drug-likeness (QED) is 0.829. The Bertz CT molecular complexity index is 618. The summed E-state index contributed by atoms with van der Waals surface area (Å²) in [5.41, 5.74) is 0.536. The molecular formula is C16H18F2N2O2S. The molecular weight excluding hydrogens is 322 g/mol. The normalized spacial score (nSPS) is 12.4. The van der Waals surface area contributed by atoms with Crippen molar-refractivity contribution in [3.05, 3.63) is 46.7 Å². The zero-order valence-corrected chi connectivity index (χ0v) is 13.6. The molecule has 0 radical (unpaired) electrons. The Hall–Kier alpha value is -1.99. The van der Waals surface area contributed by atoms with Crippen molar-refractivity contribution in [2.45, 2.75) is 19.6 Å². The van der Waals surface area contributed by atoms with Crippen LogP contribution < -0.4 is 10.1 Å². The molecule has 1 heterocycles. The molecule has 2 aromatic rings. The minimum absolute atomic E-state index is 0.0569. The van der Waals surface area contributed by atoms with Crippen LogP contribution in [-0.2, 0) is 4.79 Å². The van der Waals surface area contributed by atoms with Crippen LogP contribution in [0.1, 0.15) is 17.8 Å². The lowest BCUT2D eigenvalue weighted by Crippen LogP contribution is -2.31. The van der Waals surface area contributed by atoms with Gasteiger partial charge in [-0.05, 0) is 49.7 Å². The molecule has 0 fully saturated rings. The van der Waals surface area contributed by atoms with Gasteiger partial charge in [-0.1, -0.05) is 6.07 Å². The van der Waals surface area contributed by atoms with E-state index in [1.165, 1.54) is 29.1 Å². The van der Waals surface area contributed by atoms with Gasteiger partial charge in [-0.15, -0.1) is 11.3 Å². The predicted molar refractivity (Wildman–Crippen MR) is 87.1 cm³/mol. The summed E-state index contributed by atoms with van der Waals surface area (Å²) in [5, 5.41) is 4.74. The van der Waals surface area contributed by atoms with Crippen molar-refractivity contribution in [3.8, 4) is 5.75 Å². The highest BCUT2D eigenvalue weighted by Gasteiger charge is 2.15. The second-order valence-electron chi connectivity index (χ2n) is 5.06. The van der Waals surface area contributed by atoms with Gasteiger partial charge in [0.25, 0.3) is 0 Å². The van der Waals surface area contributed by atoms with E-state index >= 15 is 0 Å². The summed E-state index contributed by atoms with van der Waals surface area (Å²) in [6, 6.07) is 9.98. The minimum Gasteiger partial charge on any atom is -0.435 e. The third kappa shape index (κ3) is 5.30. The van der Waals surface area contributed by atoms with Gasteiger partial charge in [0.2, 0.25) is 5.91 Å². The van der Waals surface area contributed by atoms with Gasteiger partial charge in [0.05, 0.1) is 6.54 Å². The highest BCUT2D eigenvalue weighted by Crippen LogP contribution is 2.23. The fraction of sp³-hybridized carbons (Fsp3) is 0.312. The van der Waals surface area contributed by atoms with Crippen LogP contribution in [0, 0.1) is 0 Å². The van der Waals surface area contributed by atoms with Crippen LogP contribution in [-0.4, -0.2) is 31.0 Å². The highest BCUT2D eigenvalue weighted by atomic mass is 32.1. The van der Waals surface area contributed by atoms with Crippen LogP contribution >= 0.6 is 11.3 Å². The lowest BCUT2D eigenvalue weighted by molar-refractivity contribution is -0.117. The average Bonchev–Trinajstić information content (AvgIpc) is 3.02. The van der Waals surface area contributed by atoms with E-state index in [9.17, 15) is 13.6 Å². The number of halogens is 2. The van der Waals surface area contributed by atoms with Crippen molar-refractivity contribution in [1.29, 1.82) is 0 Å². The molecule has 1 aromatic carbocycles. The number of carbonyl (C=O) groups is 1. The number of thiophene rings is 1. The largest absolute Gasteiger partial charge is 0.435 e. The number of hydrogen-bond donors (Lipinski definition) is 1. The first kappa shape index (κ1) is 17.4. The maximum atomic E-state index is 12.1. The molecule has 23 heavy (non-hydrogen) atoms. The summed E-state index contributed by atoms with van der Waals surface area (Å²) < 4.78 is 28.4. The van der Waals surface area contributed by atoms with Crippen molar-refractivity contribution in [1.82, 2.24) is 4.90 Å². The molecule has 4 nitrogen and oxygen atoms in total. The summed E-state index contributed by atoms with van der Waals surface area (Å²) in [5.74, 6) is -0.111. The molecule has 1 aromatic heterocycles. The van der Waals surface area contributed by atoms with Gasteiger partial charge in [0, 0.05) is 16.6 Å². The number of carbonyl (C=O) groups excluding carboxylic acids is 1. The fourth-order valence-corrected chi connectivity index (χ4v) is 2.88. The monoisotopic (exact) mass is 340 g/mol. The van der Waals surface area contributed by atoms with Crippen LogP contribution in [0.3, 0.4) is 0 Å². The Morgan fingerprint density at radius 1 is 1.30 bits per heavy atom. The fourth-order valence-electron chi connectivity index (χ4n) is 2.03. The van der Waals surface area contributed by atoms with E-state index < -0.39 is 6.61 Å². The van der Waals surface area contributed by atoms with Gasteiger partial charge in [-0.3, -0.25) is 9.69 Å². The Morgan fingerprint density at radius 2 is 2.00 bits per heavy atom. The number of alkyl halides is 2. The predicted octanol–water partition coefficient (Wildman–Crippen LogP) is 3.98. The van der Waals surface area contributed by atoms with E-state index in [4.69, 9.17) is 0 Å². The number of amides is 1. The summed E-state index contributed by atoms with van der Waals surface area (Å²) in [7, 11) is 1.88. The van der Waals surface area contributed by atoms with Crippen molar-refractivity contribution < 1.29 is 18.3 Å². The Morgan fingerprint density at radius 3 is 2.57 bits per heavy atom. The third-order valence-corrected chi connectivity index (χ3v) is 4.41. The average molecular weight is 340 g/mol. The van der Waals surface area contributed by atoms with E-state index in [0.717, 1.165) is 0 Å². The zero-order chi connectivity index (χ0) is 16.8. The molecule has 0 aliphatic heterocycles. The molecule has 7 heteroatoms. The molecule has 0 unspecified atom stereocenters. The summed E-state index contributed by atoms with van der Waals surface area (Å²) in [4.78, 5) is 15.2. The number of benzene rings is 1. The molecule has 2 rings (SSSR count). The van der Waals surface area contributed by atoms with Gasteiger partial charge in [-0.25, -0.2) is 0 Å². The lowest BCUT2D eigenvalue weighted by Gasteiger charge is -2.23. The van der Waals surface area contributed by atoms with Crippen LogP contribution in [0.15, 0.2) is 41.8 Å². The van der Waals surface area contributed by atoms with E-state index in [0.29, 0.717) is 5.69 Å². The first-order valence-electron chi connectivity index (χ1n) is 7.04. The van der Waals surface area contributed by atoms with Crippen LogP contribution in [0.5, 0.6) is 5.75 Å². The maximum Gasteiger partial charge on any atom is 0.387 e. The van der Waals surface area contributed by atoms with Gasteiger partial charge in [-0.2, -0.15) is 8.78 Å². The van der Waals surface area contributed by atoms with E-state index in [-0.39, 0.29) is 24.2 Å². The topological polar surface area (TPSA) is 41.6 Å². The van der Waals surface area contributed by atoms with Crippen molar-refractivity contribution in [3.63, 3.8) is 0 Å². The van der Waals surface area contributed by atoms with Gasteiger partial charge < -0.3 is 10.1 Å². The number of anilines is 1. The van der Waals surface area contributed by atoms with Crippen LogP contribution in [0.25, 0.3) is 0 Å². The number of nitrogens with zero attached hydrogens (tertiary/aromatic N) is 1. The van der Waals surface area contributed by atoms with Crippen molar-refractivity contribution in [2.75, 3.05) is 18.9 Å². The number of likely N-dealkylation sites (N-methyl/N-ethyl adjacent to an activating group) is 1. The molecule has 1 amide bonds. The number of ether oxygens (including phenoxy) is 1. The minimum atomic E-state index is -2.86. The summed E-state index contributed by atoms with van der Waals surface area (Å²) >= 11 is 1.65. The molecule has 1 N–H and O–H groups in total. The SMILES string of the molecule is C[C@H](c1cccs1)N(C)CC(=O)Nc1ccc(OC(F)F)cc1. The third-order valence-electron chi connectivity index (χ3n) is 3.37. The smallest absolute Gasteiger partial charge is 0.387 e. The summed E-state index contributed by atoms with van der Waals surface area (Å²) in [6.07, 6.45) is 0. The summed E-state index contributed by atoms with van der Waals surface area (Å²) in [6.45, 7) is -0.591. The number of nitrogens with one attached hydrogen (secondary N) is 1. The van der Waals surface area contributed by atoms with Gasteiger partial charge >= 0.3 is 6.61 Å². The highest BCUT2D eigenvalue weighted by molar-refractivity contribution is 7.10. The van der Waals surface area contributed by atoms with Gasteiger partial charge in [0.15, 0.2) is 0 Å². The van der Waals surface area contributed by atoms with Crippen LogP contribution in [0.2, 0.25) is 0 Å². The molecule has 0 bridgehead atoms. The van der Waals surface area contributed by atoms with E-state index in [1.54, 1.807) is 11.3 Å². The Kier molecular flexibility index (Phi) is 6.06. The Balaban J connectivity index is 1.86. The van der Waals surface area contributed by atoms with Crippen molar-refractivity contribution >= 4 is 22.9 Å². The van der Waals surface area contributed by atoms with E-state index in [2.05, 4.69) is 10.1 Å². The molecule has 1 atom stereocenters. The van der Waals surface area contributed by atoms with E-state index in [1.807, 2.05) is 36.4 Å². The second kappa shape index (κ2) is 8.03. The number of rotatable bonds is 7. The maximum absolute atomic E-state index is 12.1. The molecule has 0 saturated carbocycles. The first-order valence-corrected chi connectivity index (χ1v) is 7.92. The number of hydrogen-bond acceptors (Lipinski definition) is 4. The standard InChI is InChI=1S/C16H18F2N2O2S/c1-11(14-4-3-9-23-14)20(2)10-15(21)19-12-5-7-13(8-6-12)22-16(17)18/h3-9,11,16H,10H2,1-2H3,(H,19,21)/t11-/m1/s1. The van der Waals surface area contributed by atoms with Crippen LogP contribution in [0.4, 0.5) is 14.5 Å².